The molecule has 0 bridgehead atoms. The molecule has 6 nitrogen and oxygen atoms in total. The number of amides is 1. The number of sulfonamides is 1. The van der Waals surface area contributed by atoms with E-state index in [9.17, 15) is 13.2 Å². The van der Waals surface area contributed by atoms with Gasteiger partial charge < -0.3 is 10.2 Å². The van der Waals surface area contributed by atoms with Crippen LogP contribution in [-0.4, -0.2) is 68.6 Å². The van der Waals surface area contributed by atoms with Crippen molar-refractivity contribution in [3.63, 3.8) is 0 Å². The average Bonchev–Trinajstić information content (AvgIpc) is 2.94. The number of hydrogen-bond acceptors (Lipinski definition) is 4. The molecule has 2 aliphatic rings. The highest BCUT2D eigenvalue weighted by molar-refractivity contribution is 7.89. The van der Waals surface area contributed by atoms with Crippen molar-refractivity contribution >= 4 is 15.9 Å². The maximum absolute atomic E-state index is 12.0. The van der Waals surface area contributed by atoms with E-state index in [1.165, 1.54) is 0 Å². The summed E-state index contributed by atoms with van der Waals surface area (Å²) >= 11 is 0. The Morgan fingerprint density at radius 3 is 2.32 bits per heavy atom. The SMILES string of the molecule is O=C(CCCS(=O)(=O)N1CCCC1)N1CCNCC1. The summed E-state index contributed by atoms with van der Waals surface area (Å²) in [4.78, 5) is 13.7. The van der Waals surface area contributed by atoms with Crippen molar-refractivity contribution in [2.24, 2.45) is 0 Å². The molecule has 19 heavy (non-hydrogen) atoms. The Morgan fingerprint density at radius 1 is 1.05 bits per heavy atom. The number of rotatable bonds is 5. The summed E-state index contributed by atoms with van der Waals surface area (Å²) in [6, 6.07) is 0. The number of nitrogens with one attached hydrogen (secondary N) is 1. The van der Waals surface area contributed by atoms with E-state index in [4.69, 9.17) is 0 Å². The number of hydrogen-bond donors (Lipinski definition) is 1. The minimum Gasteiger partial charge on any atom is -0.340 e. The van der Waals surface area contributed by atoms with E-state index in [0.29, 0.717) is 25.9 Å². The van der Waals surface area contributed by atoms with Crippen LogP contribution >= 0.6 is 0 Å². The van der Waals surface area contributed by atoms with Crippen molar-refractivity contribution in [1.29, 1.82) is 0 Å². The predicted molar refractivity (Wildman–Crippen MR) is 73.3 cm³/mol. The van der Waals surface area contributed by atoms with E-state index in [2.05, 4.69) is 5.32 Å². The third kappa shape index (κ3) is 4.15. The van der Waals surface area contributed by atoms with Gasteiger partial charge in [0.1, 0.15) is 0 Å². The summed E-state index contributed by atoms with van der Waals surface area (Å²) in [5, 5.41) is 3.19. The van der Waals surface area contributed by atoms with Gasteiger partial charge in [-0.1, -0.05) is 0 Å². The zero-order valence-corrected chi connectivity index (χ0v) is 12.1. The normalized spacial score (nSPS) is 21.8. The second kappa shape index (κ2) is 6.67. The molecule has 2 heterocycles. The Labute approximate surface area is 115 Å². The van der Waals surface area contributed by atoms with Gasteiger partial charge in [-0.15, -0.1) is 0 Å². The van der Waals surface area contributed by atoms with E-state index in [1.54, 1.807) is 4.31 Å². The van der Waals surface area contributed by atoms with Gasteiger partial charge >= 0.3 is 0 Å². The van der Waals surface area contributed by atoms with Crippen LogP contribution < -0.4 is 5.32 Å². The molecule has 7 heteroatoms. The largest absolute Gasteiger partial charge is 0.340 e. The third-order valence-electron chi connectivity index (χ3n) is 3.72. The van der Waals surface area contributed by atoms with Gasteiger partial charge in [0.05, 0.1) is 5.75 Å². The van der Waals surface area contributed by atoms with Crippen LogP contribution in [0.5, 0.6) is 0 Å². The molecule has 1 N–H and O–H groups in total. The van der Waals surface area contributed by atoms with Gasteiger partial charge in [-0.25, -0.2) is 12.7 Å². The molecule has 2 rings (SSSR count). The molecule has 0 radical (unpaired) electrons. The van der Waals surface area contributed by atoms with Gasteiger partial charge in [0.15, 0.2) is 0 Å². The molecule has 0 atom stereocenters. The quantitative estimate of drug-likeness (QED) is 0.749. The maximum atomic E-state index is 12.0. The Bertz CT molecular complexity index is 398. The van der Waals surface area contributed by atoms with Crippen LogP contribution in [0.2, 0.25) is 0 Å². The fourth-order valence-electron chi connectivity index (χ4n) is 2.57. The first-order valence-electron chi connectivity index (χ1n) is 7.06. The number of carbonyl (C=O) groups is 1. The lowest BCUT2D eigenvalue weighted by Gasteiger charge is -2.27. The fourth-order valence-corrected chi connectivity index (χ4v) is 4.16. The summed E-state index contributed by atoms with van der Waals surface area (Å²) in [5.74, 6) is 0.184. The molecule has 0 saturated carbocycles. The van der Waals surface area contributed by atoms with Crippen LogP contribution in [0.3, 0.4) is 0 Å². The molecular weight excluding hydrogens is 266 g/mol. The van der Waals surface area contributed by atoms with Crippen LogP contribution in [-0.2, 0) is 14.8 Å². The minimum atomic E-state index is -3.14. The molecule has 0 aliphatic carbocycles. The molecule has 0 spiro atoms. The molecule has 0 aromatic heterocycles. The van der Waals surface area contributed by atoms with Crippen LogP contribution in [0.4, 0.5) is 0 Å². The molecular formula is C12H23N3O3S. The highest BCUT2D eigenvalue weighted by Gasteiger charge is 2.25. The van der Waals surface area contributed by atoms with Gasteiger partial charge in [-0.3, -0.25) is 4.79 Å². The lowest BCUT2D eigenvalue weighted by molar-refractivity contribution is -0.131. The zero-order chi connectivity index (χ0) is 13.7. The average molecular weight is 289 g/mol. The van der Waals surface area contributed by atoms with Crippen molar-refractivity contribution in [3.05, 3.63) is 0 Å². The monoisotopic (exact) mass is 289 g/mol. The molecule has 2 aliphatic heterocycles. The summed E-state index contributed by atoms with van der Waals surface area (Å²) in [6.45, 7) is 4.42. The Morgan fingerprint density at radius 2 is 1.68 bits per heavy atom. The van der Waals surface area contributed by atoms with Gasteiger partial charge in [-0.2, -0.15) is 0 Å². The van der Waals surface area contributed by atoms with Crippen molar-refractivity contribution in [3.8, 4) is 0 Å². The predicted octanol–water partition coefficient (Wildman–Crippen LogP) is -0.376. The first-order valence-corrected chi connectivity index (χ1v) is 8.67. The molecule has 110 valence electrons. The van der Waals surface area contributed by atoms with E-state index in [-0.39, 0.29) is 11.7 Å². The van der Waals surface area contributed by atoms with E-state index in [0.717, 1.165) is 39.0 Å². The summed E-state index contributed by atoms with van der Waals surface area (Å²) in [7, 11) is -3.14. The second-order valence-corrected chi connectivity index (χ2v) is 7.24. The van der Waals surface area contributed by atoms with Crippen LogP contribution in [0.25, 0.3) is 0 Å². The first kappa shape index (κ1) is 14.7. The summed E-state index contributed by atoms with van der Waals surface area (Å²) in [6.07, 6.45) is 2.69. The highest BCUT2D eigenvalue weighted by Crippen LogP contribution is 2.14. The zero-order valence-electron chi connectivity index (χ0n) is 11.3. The van der Waals surface area contributed by atoms with Gasteiger partial charge in [0, 0.05) is 45.7 Å². The standard InChI is InChI=1S/C12H23N3O3S/c16-12(14-9-5-13-6-10-14)4-3-11-19(17,18)15-7-1-2-8-15/h13H,1-11H2. The van der Waals surface area contributed by atoms with Crippen molar-refractivity contribution in [2.45, 2.75) is 25.7 Å². The van der Waals surface area contributed by atoms with Crippen LogP contribution in [0, 0.1) is 0 Å². The third-order valence-corrected chi connectivity index (χ3v) is 5.68. The molecule has 0 unspecified atom stereocenters. The fraction of sp³-hybridized carbons (Fsp3) is 0.917. The Kier molecular flexibility index (Phi) is 5.18. The Balaban J connectivity index is 1.71. The lowest BCUT2D eigenvalue weighted by Crippen LogP contribution is -2.46. The second-order valence-electron chi connectivity index (χ2n) is 5.16. The van der Waals surface area contributed by atoms with E-state index < -0.39 is 10.0 Å². The van der Waals surface area contributed by atoms with Gasteiger partial charge in [0.25, 0.3) is 0 Å². The molecule has 2 saturated heterocycles. The Hall–Kier alpha value is -0.660. The molecule has 0 aromatic carbocycles. The molecule has 2 fully saturated rings. The molecule has 0 aromatic rings. The van der Waals surface area contributed by atoms with Crippen LogP contribution in [0.15, 0.2) is 0 Å². The maximum Gasteiger partial charge on any atom is 0.222 e. The number of carbonyl (C=O) groups excluding carboxylic acids is 1. The van der Waals surface area contributed by atoms with Crippen molar-refractivity contribution < 1.29 is 13.2 Å². The van der Waals surface area contributed by atoms with E-state index >= 15 is 0 Å². The highest BCUT2D eigenvalue weighted by atomic mass is 32.2. The summed E-state index contributed by atoms with van der Waals surface area (Å²) in [5.41, 5.74) is 0. The van der Waals surface area contributed by atoms with Crippen LogP contribution in [0.1, 0.15) is 25.7 Å². The number of piperazine rings is 1. The first-order chi connectivity index (χ1) is 9.09. The van der Waals surface area contributed by atoms with Gasteiger partial charge in [0.2, 0.25) is 15.9 Å². The molecule has 1 amide bonds. The smallest absolute Gasteiger partial charge is 0.222 e. The topological polar surface area (TPSA) is 69.7 Å². The van der Waals surface area contributed by atoms with Gasteiger partial charge in [-0.05, 0) is 19.3 Å². The van der Waals surface area contributed by atoms with Crippen molar-refractivity contribution in [2.75, 3.05) is 45.0 Å². The summed E-state index contributed by atoms with van der Waals surface area (Å²) < 4.78 is 25.5. The number of nitrogens with zero attached hydrogens (tertiary/aromatic N) is 2. The van der Waals surface area contributed by atoms with E-state index in [1.807, 2.05) is 4.90 Å². The van der Waals surface area contributed by atoms with Crippen molar-refractivity contribution in [1.82, 2.24) is 14.5 Å². The minimum absolute atomic E-state index is 0.0816. The lowest BCUT2D eigenvalue weighted by atomic mass is 10.2.